The Balaban J connectivity index is 2.34. The summed E-state index contributed by atoms with van der Waals surface area (Å²) in [5, 5.41) is 7.69. The van der Waals surface area contributed by atoms with Crippen LogP contribution in [0.3, 0.4) is 0 Å². The third-order valence-electron chi connectivity index (χ3n) is 3.29. The Morgan fingerprint density at radius 2 is 2.05 bits per heavy atom. The Morgan fingerprint density at radius 3 is 2.62 bits per heavy atom. The van der Waals surface area contributed by atoms with Crippen molar-refractivity contribution >= 4 is 28.9 Å². The molecule has 0 aliphatic rings. The number of carbonyl (C=O) groups is 1. The van der Waals surface area contributed by atoms with Gasteiger partial charge in [0.1, 0.15) is 0 Å². The van der Waals surface area contributed by atoms with E-state index in [-0.39, 0.29) is 11.9 Å². The lowest BCUT2D eigenvalue weighted by atomic mass is 10.2. The lowest BCUT2D eigenvalue weighted by molar-refractivity contribution is 0.102. The molecule has 2 rings (SSSR count). The summed E-state index contributed by atoms with van der Waals surface area (Å²) >= 11 is 6.06. The van der Waals surface area contributed by atoms with Gasteiger partial charge in [0, 0.05) is 11.7 Å². The summed E-state index contributed by atoms with van der Waals surface area (Å²) in [5.74, 6) is -0.290. The minimum Gasteiger partial charge on any atom is -0.399 e. The number of amides is 1. The highest BCUT2D eigenvalue weighted by molar-refractivity contribution is 6.34. The van der Waals surface area contributed by atoms with Gasteiger partial charge in [-0.15, -0.1) is 0 Å². The largest absolute Gasteiger partial charge is 0.399 e. The highest BCUT2D eigenvalue weighted by Gasteiger charge is 2.18. The second-order valence-corrected chi connectivity index (χ2v) is 5.68. The average molecular weight is 307 g/mol. The molecule has 2 aromatic rings. The standard InChI is InChI=1S/C15H19ClN4O/c1-8(2)20-10(4)14(9(3)19-20)18-15(21)12-7-11(17)5-6-13(12)16/h5-8H,17H2,1-4H3,(H,18,21). The molecule has 0 saturated carbocycles. The molecule has 3 N–H and O–H groups in total. The fourth-order valence-corrected chi connectivity index (χ4v) is 2.45. The lowest BCUT2D eigenvalue weighted by Crippen LogP contribution is -2.14. The van der Waals surface area contributed by atoms with Gasteiger partial charge in [0.05, 0.1) is 27.7 Å². The van der Waals surface area contributed by atoms with E-state index in [1.54, 1.807) is 18.2 Å². The van der Waals surface area contributed by atoms with Gasteiger partial charge >= 0.3 is 0 Å². The van der Waals surface area contributed by atoms with Crippen molar-refractivity contribution in [3.8, 4) is 0 Å². The van der Waals surface area contributed by atoms with Crippen LogP contribution in [0.5, 0.6) is 0 Å². The number of aromatic nitrogens is 2. The lowest BCUT2D eigenvalue weighted by Gasteiger charge is -2.10. The summed E-state index contributed by atoms with van der Waals surface area (Å²) < 4.78 is 1.88. The molecular weight excluding hydrogens is 288 g/mol. The minimum absolute atomic E-state index is 0.227. The van der Waals surface area contributed by atoms with Crippen LogP contribution in [0.4, 0.5) is 11.4 Å². The molecule has 112 valence electrons. The molecule has 1 amide bonds. The van der Waals surface area contributed by atoms with Crippen LogP contribution in [0.1, 0.15) is 41.6 Å². The maximum Gasteiger partial charge on any atom is 0.257 e. The molecule has 0 atom stereocenters. The maximum atomic E-state index is 12.4. The molecule has 0 saturated heterocycles. The third-order valence-corrected chi connectivity index (χ3v) is 3.62. The number of nitrogens with one attached hydrogen (secondary N) is 1. The number of carbonyl (C=O) groups excluding carboxylic acids is 1. The molecule has 0 unspecified atom stereocenters. The molecule has 0 radical (unpaired) electrons. The molecule has 5 nitrogen and oxygen atoms in total. The SMILES string of the molecule is Cc1nn(C(C)C)c(C)c1NC(=O)c1cc(N)ccc1Cl. The number of hydrogen-bond donors (Lipinski definition) is 2. The predicted octanol–water partition coefficient (Wildman–Crippen LogP) is 3.57. The Labute approximate surface area is 129 Å². The van der Waals surface area contributed by atoms with Crippen LogP contribution in [0.15, 0.2) is 18.2 Å². The number of nitrogens with zero attached hydrogens (tertiary/aromatic N) is 2. The van der Waals surface area contributed by atoms with Crippen molar-refractivity contribution in [1.82, 2.24) is 9.78 Å². The second kappa shape index (κ2) is 5.77. The average Bonchev–Trinajstić information content (AvgIpc) is 2.69. The van der Waals surface area contributed by atoms with Gasteiger partial charge in [-0.25, -0.2) is 0 Å². The van der Waals surface area contributed by atoms with Gasteiger partial charge in [0.2, 0.25) is 0 Å². The van der Waals surface area contributed by atoms with E-state index in [0.29, 0.717) is 22.0 Å². The topological polar surface area (TPSA) is 72.9 Å². The van der Waals surface area contributed by atoms with Crippen molar-refractivity contribution in [2.75, 3.05) is 11.1 Å². The van der Waals surface area contributed by atoms with E-state index in [9.17, 15) is 4.79 Å². The molecule has 6 heteroatoms. The van der Waals surface area contributed by atoms with Crippen LogP contribution in [0, 0.1) is 13.8 Å². The van der Waals surface area contributed by atoms with Crippen LogP contribution in [0.25, 0.3) is 0 Å². The van der Waals surface area contributed by atoms with Crippen LogP contribution >= 0.6 is 11.6 Å². The zero-order valence-electron chi connectivity index (χ0n) is 12.6. The van der Waals surface area contributed by atoms with E-state index in [0.717, 1.165) is 11.4 Å². The van der Waals surface area contributed by atoms with Gasteiger partial charge in [-0.3, -0.25) is 9.48 Å². The van der Waals surface area contributed by atoms with E-state index in [4.69, 9.17) is 17.3 Å². The highest BCUT2D eigenvalue weighted by atomic mass is 35.5. The van der Waals surface area contributed by atoms with Crippen molar-refractivity contribution in [3.05, 3.63) is 40.2 Å². The molecule has 1 aromatic heterocycles. The summed E-state index contributed by atoms with van der Waals surface area (Å²) in [6, 6.07) is 5.07. The van der Waals surface area contributed by atoms with Gasteiger partial charge in [-0.1, -0.05) is 11.6 Å². The summed E-state index contributed by atoms with van der Waals surface area (Å²) in [6.07, 6.45) is 0. The number of rotatable bonds is 3. The van der Waals surface area contributed by atoms with Gasteiger partial charge in [-0.05, 0) is 45.9 Å². The van der Waals surface area contributed by atoms with Crippen molar-refractivity contribution in [2.45, 2.75) is 33.7 Å². The molecule has 0 spiro atoms. The molecule has 0 bridgehead atoms. The molecule has 21 heavy (non-hydrogen) atoms. The smallest absolute Gasteiger partial charge is 0.257 e. The summed E-state index contributed by atoms with van der Waals surface area (Å²) in [4.78, 5) is 12.4. The number of nitrogens with two attached hydrogens (primary N) is 1. The Hall–Kier alpha value is -2.01. The number of anilines is 2. The van der Waals surface area contributed by atoms with Crippen LogP contribution in [0.2, 0.25) is 5.02 Å². The number of hydrogen-bond acceptors (Lipinski definition) is 3. The van der Waals surface area contributed by atoms with Crippen molar-refractivity contribution in [1.29, 1.82) is 0 Å². The third kappa shape index (κ3) is 3.03. The zero-order chi connectivity index (χ0) is 15.7. The molecule has 1 aromatic carbocycles. The quantitative estimate of drug-likeness (QED) is 0.851. The molecule has 1 heterocycles. The van der Waals surface area contributed by atoms with Crippen LogP contribution in [-0.2, 0) is 0 Å². The Morgan fingerprint density at radius 1 is 1.38 bits per heavy atom. The number of nitrogen functional groups attached to an aromatic ring is 1. The van der Waals surface area contributed by atoms with Crippen molar-refractivity contribution in [2.24, 2.45) is 0 Å². The fourth-order valence-electron chi connectivity index (χ4n) is 2.24. The van der Waals surface area contributed by atoms with Gasteiger partial charge in [0.15, 0.2) is 0 Å². The molecular formula is C15H19ClN4O. The first-order chi connectivity index (χ1) is 9.81. The summed E-state index contributed by atoms with van der Waals surface area (Å²) in [6.45, 7) is 7.87. The first kappa shape index (κ1) is 15.4. The van der Waals surface area contributed by atoms with E-state index in [1.807, 2.05) is 32.4 Å². The minimum atomic E-state index is -0.290. The van der Waals surface area contributed by atoms with E-state index in [2.05, 4.69) is 10.4 Å². The van der Waals surface area contributed by atoms with Crippen molar-refractivity contribution < 1.29 is 4.79 Å². The summed E-state index contributed by atoms with van der Waals surface area (Å²) in [5.41, 5.74) is 8.96. The normalized spacial score (nSPS) is 11.0. The summed E-state index contributed by atoms with van der Waals surface area (Å²) in [7, 11) is 0. The van der Waals surface area contributed by atoms with Crippen LogP contribution < -0.4 is 11.1 Å². The highest BCUT2D eigenvalue weighted by Crippen LogP contribution is 2.25. The van der Waals surface area contributed by atoms with Crippen LogP contribution in [-0.4, -0.2) is 15.7 Å². The molecule has 0 aliphatic carbocycles. The monoisotopic (exact) mass is 306 g/mol. The van der Waals surface area contributed by atoms with E-state index < -0.39 is 0 Å². The fraction of sp³-hybridized carbons (Fsp3) is 0.333. The predicted molar refractivity (Wildman–Crippen MR) is 85.9 cm³/mol. The van der Waals surface area contributed by atoms with Gasteiger partial charge < -0.3 is 11.1 Å². The molecule has 0 aliphatic heterocycles. The number of benzene rings is 1. The van der Waals surface area contributed by atoms with E-state index in [1.165, 1.54) is 0 Å². The van der Waals surface area contributed by atoms with E-state index >= 15 is 0 Å². The maximum absolute atomic E-state index is 12.4. The number of halogens is 1. The number of aryl methyl sites for hydroxylation is 1. The first-order valence-electron chi connectivity index (χ1n) is 6.73. The van der Waals surface area contributed by atoms with Crippen molar-refractivity contribution in [3.63, 3.8) is 0 Å². The second-order valence-electron chi connectivity index (χ2n) is 5.28. The zero-order valence-corrected chi connectivity index (χ0v) is 13.3. The molecule has 0 fully saturated rings. The Bertz CT molecular complexity index is 691. The Kier molecular flexibility index (Phi) is 4.23. The van der Waals surface area contributed by atoms with Gasteiger partial charge in [-0.2, -0.15) is 5.10 Å². The van der Waals surface area contributed by atoms with Gasteiger partial charge in [0.25, 0.3) is 5.91 Å². The first-order valence-corrected chi connectivity index (χ1v) is 7.11.